The van der Waals surface area contributed by atoms with Crippen molar-refractivity contribution in [3.63, 3.8) is 0 Å². The minimum atomic E-state index is -0.294. The summed E-state index contributed by atoms with van der Waals surface area (Å²) in [4.78, 5) is 30.5. The first-order valence-corrected chi connectivity index (χ1v) is 11.5. The van der Waals surface area contributed by atoms with Gasteiger partial charge in [-0.15, -0.1) is 0 Å². The summed E-state index contributed by atoms with van der Waals surface area (Å²) in [5.41, 5.74) is 4.32. The number of carbonyl (C=O) groups excluding carboxylic acids is 2. The van der Waals surface area contributed by atoms with Gasteiger partial charge in [-0.1, -0.05) is 23.8 Å². The summed E-state index contributed by atoms with van der Waals surface area (Å²) in [7, 11) is 0. The van der Waals surface area contributed by atoms with Crippen molar-refractivity contribution in [1.29, 1.82) is 0 Å². The Bertz CT molecular complexity index is 1060. The quantitative estimate of drug-likeness (QED) is 0.624. The Morgan fingerprint density at radius 1 is 0.970 bits per heavy atom. The second kappa shape index (κ2) is 10.2. The highest BCUT2D eigenvalue weighted by Gasteiger charge is 2.39. The predicted molar refractivity (Wildman–Crippen MR) is 128 cm³/mol. The first-order valence-electron chi connectivity index (χ1n) is 11.5. The summed E-state index contributed by atoms with van der Waals surface area (Å²) in [5, 5.41) is 3.23. The SMILES string of the molecule is CCOc1ccc(NC2=C(c3ccc(C)cc3C)C(=O)N(CCN3CCOCC3)C2=O)cc1. The first kappa shape index (κ1) is 23.0. The van der Waals surface area contributed by atoms with Crippen molar-refractivity contribution in [2.75, 3.05) is 51.3 Å². The fourth-order valence-corrected chi connectivity index (χ4v) is 4.25. The Balaban J connectivity index is 1.63. The highest BCUT2D eigenvalue weighted by atomic mass is 16.5. The first-order chi connectivity index (χ1) is 16.0. The topological polar surface area (TPSA) is 71.1 Å². The Kier molecular flexibility index (Phi) is 7.11. The van der Waals surface area contributed by atoms with Crippen molar-refractivity contribution in [3.05, 3.63) is 64.9 Å². The lowest BCUT2D eigenvalue weighted by atomic mass is 9.97. The second-order valence-electron chi connectivity index (χ2n) is 8.37. The van der Waals surface area contributed by atoms with Gasteiger partial charge in [0.1, 0.15) is 11.4 Å². The molecule has 174 valence electrons. The number of aryl methyl sites for hydroxylation is 2. The molecular formula is C26H31N3O4. The zero-order valence-corrected chi connectivity index (χ0v) is 19.5. The maximum absolute atomic E-state index is 13.5. The van der Waals surface area contributed by atoms with Crippen LogP contribution in [0.15, 0.2) is 48.2 Å². The zero-order valence-electron chi connectivity index (χ0n) is 19.5. The maximum atomic E-state index is 13.5. The van der Waals surface area contributed by atoms with Gasteiger partial charge in [-0.25, -0.2) is 0 Å². The van der Waals surface area contributed by atoms with Gasteiger partial charge < -0.3 is 14.8 Å². The molecule has 1 fully saturated rings. The molecule has 1 saturated heterocycles. The molecule has 0 aromatic heterocycles. The van der Waals surface area contributed by atoms with Crippen molar-refractivity contribution in [3.8, 4) is 5.75 Å². The molecule has 0 spiro atoms. The average molecular weight is 450 g/mol. The number of imide groups is 1. The molecule has 0 atom stereocenters. The van der Waals surface area contributed by atoms with Gasteiger partial charge in [0.05, 0.1) is 25.4 Å². The van der Waals surface area contributed by atoms with Gasteiger partial charge in [0.2, 0.25) is 0 Å². The van der Waals surface area contributed by atoms with Crippen LogP contribution in [0, 0.1) is 13.8 Å². The summed E-state index contributed by atoms with van der Waals surface area (Å²) in [6.07, 6.45) is 0. The summed E-state index contributed by atoms with van der Waals surface area (Å²) in [5.74, 6) is 0.207. The van der Waals surface area contributed by atoms with Crippen molar-refractivity contribution in [2.45, 2.75) is 20.8 Å². The number of hydrogen-bond acceptors (Lipinski definition) is 6. The molecule has 0 aliphatic carbocycles. The summed E-state index contributed by atoms with van der Waals surface area (Å²) in [6, 6.07) is 13.3. The highest BCUT2D eigenvalue weighted by molar-refractivity contribution is 6.36. The van der Waals surface area contributed by atoms with E-state index in [-0.39, 0.29) is 11.8 Å². The molecule has 0 unspecified atom stereocenters. The Morgan fingerprint density at radius 3 is 2.36 bits per heavy atom. The van der Waals surface area contributed by atoms with E-state index in [2.05, 4.69) is 10.2 Å². The fraction of sp³-hybridized carbons (Fsp3) is 0.385. The Morgan fingerprint density at radius 2 is 1.70 bits per heavy atom. The third kappa shape index (κ3) is 5.10. The normalized spacial score (nSPS) is 17.1. The number of hydrogen-bond donors (Lipinski definition) is 1. The van der Waals surface area contributed by atoms with E-state index in [9.17, 15) is 9.59 Å². The lowest BCUT2D eigenvalue weighted by Gasteiger charge is -2.28. The van der Waals surface area contributed by atoms with Gasteiger partial charge >= 0.3 is 0 Å². The van der Waals surface area contributed by atoms with Crippen LogP contribution in [0.1, 0.15) is 23.6 Å². The fourth-order valence-electron chi connectivity index (χ4n) is 4.25. The molecule has 2 amide bonds. The molecular weight excluding hydrogens is 418 g/mol. The minimum absolute atomic E-state index is 0.256. The number of nitrogens with zero attached hydrogens (tertiary/aromatic N) is 2. The summed E-state index contributed by atoms with van der Waals surface area (Å²) < 4.78 is 10.9. The second-order valence-corrected chi connectivity index (χ2v) is 8.37. The number of nitrogens with one attached hydrogen (secondary N) is 1. The van der Waals surface area contributed by atoms with Crippen molar-refractivity contribution in [2.24, 2.45) is 0 Å². The van der Waals surface area contributed by atoms with Crippen LogP contribution in [0.3, 0.4) is 0 Å². The molecule has 2 aromatic carbocycles. The standard InChI is InChI=1S/C26H31N3O4/c1-4-33-21-8-6-20(7-9-21)27-24-23(22-10-5-18(2)17-19(22)3)25(30)29(26(24)31)12-11-28-13-15-32-16-14-28/h5-10,17,27H,4,11-16H2,1-3H3. The maximum Gasteiger partial charge on any atom is 0.278 e. The Hall–Kier alpha value is -3.16. The van der Waals surface area contributed by atoms with Crippen LogP contribution >= 0.6 is 0 Å². The number of rotatable bonds is 8. The predicted octanol–water partition coefficient (Wildman–Crippen LogP) is 3.23. The number of amides is 2. The van der Waals surface area contributed by atoms with Gasteiger partial charge in [0, 0.05) is 31.9 Å². The van der Waals surface area contributed by atoms with Gasteiger partial charge in [-0.05, 0) is 56.2 Å². The lowest BCUT2D eigenvalue weighted by Crippen LogP contribution is -2.43. The van der Waals surface area contributed by atoms with Crippen LogP contribution in [0.25, 0.3) is 5.57 Å². The molecule has 0 radical (unpaired) electrons. The number of anilines is 1. The summed E-state index contributed by atoms with van der Waals surface area (Å²) in [6.45, 7) is 10.5. The Labute approximate surface area is 195 Å². The third-order valence-electron chi connectivity index (χ3n) is 6.00. The monoisotopic (exact) mass is 449 g/mol. The van der Waals surface area contributed by atoms with E-state index < -0.39 is 0 Å². The van der Waals surface area contributed by atoms with Crippen LogP contribution in [-0.2, 0) is 14.3 Å². The molecule has 2 aromatic rings. The number of benzene rings is 2. The molecule has 7 nitrogen and oxygen atoms in total. The van der Waals surface area contributed by atoms with E-state index >= 15 is 0 Å². The van der Waals surface area contributed by atoms with Gasteiger partial charge in [-0.3, -0.25) is 19.4 Å². The third-order valence-corrected chi connectivity index (χ3v) is 6.00. The lowest BCUT2D eigenvalue weighted by molar-refractivity contribution is -0.137. The molecule has 1 N–H and O–H groups in total. The van der Waals surface area contributed by atoms with E-state index in [1.54, 1.807) is 0 Å². The largest absolute Gasteiger partial charge is 0.494 e. The van der Waals surface area contributed by atoms with Gasteiger partial charge in [0.25, 0.3) is 11.8 Å². The highest BCUT2D eigenvalue weighted by Crippen LogP contribution is 2.32. The molecule has 4 rings (SSSR count). The molecule has 2 heterocycles. The smallest absolute Gasteiger partial charge is 0.278 e. The molecule has 33 heavy (non-hydrogen) atoms. The van der Waals surface area contributed by atoms with Crippen molar-refractivity contribution < 1.29 is 19.1 Å². The number of morpholine rings is 1. The van der Waals surface area contributed by atoms with Crippen molar-refractivity contribution in [1.82, 2.24) is 9.80 Å². The van der Waals surface area contributed by atoms with E-state index in [0.29, 0.717) is 44.2 Å². The van der Waals surface area contributed by atoms with E-state index in [4.69, 9.17) is 9.47 Å². The van der Waals surface area contributed by atoms with E-state index in [1.165, 1.54) is 4.90 Å². The van der Waals surface area contributed by atoms with Crippen LogP contribution in [0.4, 0.5) is 5.69 Å². The van der Waals surface area contributed by atoms with Crippen molar-refractivity contribution >= 4 is 23.1 Å². The van der Waals surface area contributed by atoms with Crippen LogP contribution < -0.4 is 10.1 Å². The van der Waals surface area contributed by atoms with Gasteiger partial charge in [-0.2, -0.15) is 0 Å². The molecule has 7 heteroatoms. The average Bonchev–Trinajstić information content (AvgIpc) is 3.04. The minimum Gasteiger partial charge on any atom is -0.494 e. The van der Waals surface area contributed by atoms with Crippen LogP contribution in [0.5, 0.6) is 5.75 Å². The number of carbonyl (C=O) groups is 2. The molecule has 0 saturated carbocycles. The number of ether oxygens (including phenoxy) is 2. The summed E-state index contributed by atoms with van der Waals surface area (Å²) >= 11 is 0. The van der Waals surface area contributed by atoms with E-state index in [0.717, 1.165) is 41.2 Å². The van der Waals surface area contributed by atoms with E-state index in [1.807, 2.05) is 63.2 Å². The molecule has 2 aliphatic heterocycles. The zero-order chi connectivity index (χ0) is 23.4. The molecule has 2 aliphatic rings. The van der Waals surface area contributed by atoms with Crippen LogP contribution in [0.2, 0.25) is 0 Å². The van der Waals surface area contributed by atoms with Gasteiger partial charge in [0.15, 0.2) is 0 Å². The molecule has 0 bridgehead atoms. The van der Waals surface area contributed by atoms with Crippen LogP contribution in [-0.4, -0.2) is 67.6 Å².